The first-order valence-electron chi connectivity index (χ1n) is 5.94. The predicted octanol–water partition coefficient (Wildman–Crippen LogP) is 3.57. The van der Waals surface area contributed by atoms with Crippen molar-refractivity contribution < 1.29 is 14.7 Å². The second kappa shape index (κ2) is 7.12. The number of carboxylic acid groups (broad SMARTS) is 1. The fourth-order valence-corrected chi connectivity index (χ4v) is 3.34. The first-order valence-corrected chi connectivity index (χ1v) is 7.81. The van der Waals surface area contributed by atoms with Crippen LogP contribution in [0.1, 0.15) is 16.1 Å². The summed E-state index contributed by atoms with van der Waals surface area (Å²) in [4.78, 5) is 23.6. The molecule has 2 aromatic rings. The van der Waals surface area contributed by atoms with Gasteiger partial charge in [0.1, 0.15) is 4.88 Å². The molecule has 0 spiro atoms. The second-order valence-electron chi connectivity index (χ2n) is 3.96. The molecule has 1 aromatic heterocycles. The van der Waals surface area contributed by atoms with Gasteiger partial charge in [-0.2, -0.15) is 0 Å². The van der Waals surface area contributed by atoms with Crippen LogP contribution in [0.2, 0.25) is 0 Å². The smallest absolute Gasteiger partial charge is 0.345 e. The van der Waals surface area contributed by atoms with Gasteiger partial charge in [-0.1, -0.05) is 18.2 Å². The van der Waals surface area contributed by atoms with E-state index in [2.05, 4.69) is 5.32 Å². The highest BCUT2D eigenvalue weighted by atomic mass is 32.2. The molecule has 0 aliphatic heterocycles. The van der Waals surface area contributed by atoms with Crippen molar-refractivity contribution >= 4 is 40.7 Å². The highest BCUT2D eigenvalue weighted by Gasteiger charge is 2.08. The summed E-state index contributed by atoms with van der Waals surface area (Å²) in [6.07, 6.45) is 0.387. The van der Waals surface area contributed by atoms with Crippen molar-refractivity contribution in [2.75, 3.05) is 11.1 Å². The Hall–Kier alpha value is -1.79. The van der Waals surface area contributed by atoms with E-state index in [9.17, 15) is 9.59 Å². The van der Waals surface area contributed by atoms with Crippen molar-refractivity contribution in [3.05, 3.63) is 46.7 Å². The van der Waals surface area contributed by atoms with Crippen LogP contribution in [0.15, 0.2) is 46.7 Å². The average molecular weight is 307 g/mol. The summed E-state index contributed by atoms with van der Waals surface area (Å²) in [6.45, 7) is 0. The average Bonchev–Trinajstić information content (AvgIpc) is 2.89. The predicted molar refractivity (Wildman–Crippen MR) is 81.7 cm³/mol. The number of amides is 1. The van der Waals surface area contributed by atoms with Gasteiger partial charge in [0.25, 0.3) is 0 Å². The van der Waals surface area contributed by atoms with Crippen LogP contribution in [-0.2, 0) is 4.79 Å². The van der Waals surface area contributed by atoms with E-state index in [1.54, 1.807) is 11.4 Å². The fraction of sp³-hybridized carbons (Fsp3) is 0.143. The van der Waals surface area contributed by atoms with Crippen molar-refractivity contribution in [3.8, 4) is 0 Å². The van der Waals surface area contributed by atoms with Gasteiger partial charge in [0.05, 0.1) is 0 Å². The standard InChI is InChI=1S/C14H13NO3S2/c16-13(15-10-4-2-1-3-5-10)6-7-19-11-8-12(14(17)18)20-9-11/h1-5,8-9H,6-7H2,(H,15,16)(H,17,18). The Balaban J connectivity index is 1.75. The number of rotatable bonds is 6. The van der Waals surface area contributed by atoms with Gasteiger partial charge in [-0.05, 0) is 18.2 Å². The van der Waals surface area contributed by atoms with E-state index < -0.39 is 5.97 Å². The molecule has 1 amide bonds. The number of benzene rings is 1. The lowest BCUT2D eigenvalue weighted by Gasteiger charge is -2.04. The van der Waals surface area contributed by atoms with Crippen molar-refractivity contribution in [1.82, 2.24) is 0 Å². The van der Waals surface area contributed by atoms with Crippen LogP contribution in [0.5, 0.6) is 0 Å². The lowest BCUT2D eigenvalue weighted by atomic mass is 10.3. The summed E-state index contributed by atoms with van der Waals surface area (Å²) < 4.78 is 0. The van der Waals surface area contributed by atoms with Gasteiger partial charge in [-0.15, -0.1) is 23.1 Å². The Morgan fingerprint density at radius 1 is 1.25 bits per heavy atom. The summed E-state index contributed by atoms with van der Waals surface area (Å²) in [5.41, 5.74) is 0.784. The second-order valence-corrected chi connectivity index (χ2v) is 6.04. The molecule has 2 N–H and O–H groups in total. The number of carboxylic acids is 1. The van der Waals surface area contributed by atoms with E-state index in [0.29, 0.717) is 17.1 Å². The van der Waals surface area contributed by atoms with E-state index in [4.69, 9.17) is 5.11 Å². The number of anilines is 1. The molecule has 4 nitrogen and oxygen atoms in total. The van der Waals surface area contributed by atoms with Gasteiger partial charge in [0.2, 0.25) is 5.91 Å². The van der Waals surface area contributed by atoms with Crippen molar-refractivity contribution in [2.45, 2.75) is 11.3 Å². The zero-order chi connectivity index (χ0) is 14.4. The Bertz CT molecular complexity index is 595. The monoisotopic (exact) mass is 307 g/mol. The van der Waals surface area contributed by atoms with Crippen LogP contribution in [0.3, 0.4) is 0 Å². The lowest BCUT2D eigenvalue weighted by Crippen LogP contribution is -2.11. The van der Waals surface area contributed by atoms with Gasteiger partial charge in [0.15, 0.2) is 0 Å². The molecule has 1 aromatic carbocycles. The van der Waals surface area contributed by atoms with E-state index in [0.717, 1.165) is 10.6 Å². The molecule has 0 bridgehead atoms. The first-order chi connectivity index (χ1) is 9.65. The number of nitrogens with one attached hydrogen (secondary N) is 1. The van der Waals surface area contributed by atoms with Crippen LogP contribution in [-0.4, -0.2) is 22.7 Å². The van der Waals surface area contributed by atoms with E-state index in [1.807, 2.05) is 30.3 Å². The Labute approximate surface area is 124 Å². The van der Waals surface area contributed by atoms with Gasteiger partial charge in [0, 0.05) is 28.1 Å². The van der Waals surface area contributed by atoms with Gasteiger partial charge >= 0.3 is 5.97 Å². The van der Waals surface area contributed by atoms with Crippen molar-refractivity contribution in [2.24, 2.45) is 0 Å². The summed E-state index contributed by atoms with van der Waals surface area (Å²) in [5.74, 6) is -0.338. The van der Waals surface area contributed by atoms with Crippen LogP contribution < -0.4 is 5.32 Å². The third-order valence-electron chi connectivity index (χ3n) is 2.44. The molecule has 0 aliphatic carbocycles. The Morgan fingerprint density at radius 3 is 2.65 bits per heavy atom. The summed E-state index contributed by atoms with van der Waals surface area (Å²) in [7, 11) is 0. The van der Waals surface area contributed by atoms with Gasteiger partial charge in [-0.3, -0.25) is 4.79 Å². The molecule has 2 rings (SSSR count). The van der Waals surface area contributed by atoms with E-state index in [-0.39, 0.29) is 5.91 Å². The number of aromatic carboxylic acids is 1. The molecule has 104 valence electrons. The summed E-state index contributed by atoms with van der Waals surface area (Å²) in [5, 5.41) is 13.4. The molecule has 0 unspecified atom stereocenters. The number of thiophene rings is 1. The minimum atomic E-state index is -0.913. The van der Waals surface area contributed by atoms with Gasteiger partial charge < -0.3 is 10.4 Å². The molecule has 0 aliphatic rings. The number of hydrogen-bond donors (Lipinski definition) is 2. The molecule has 0 atom stereocenters. The molecule has 0 saturated carbocycles. The minimum absolute atomic E-state index is 0.0441. The molecule has 20 heavy (non-hydrogen) atoms. The normalized spacial score (nSPS) is 10.2. The lowest BCUT2D eigenvalue weighted by molar-refractivity contribution is -0.115. The third-order valence-corrected chi connectivity index (χ3v) is 4.49. The fourth-order valence-electron chi connectivity index (χ4n) is 1.51. The Kier molecular flexibility index (Phi) is 5.20. The maximum Gasteiger partial charge on any atom is 0.345 e. The molecular weight excluding hydrogens is 294 g/mol. The van der Waals surface area contributed by atoms with Crippen LogP contribution >= 0.6 is 23.1 Å². The number of hydrogen-bond acceptors (Lipinski definition) is 4. The summed E-state index contributed by atoms with van der Waals surface area (Å²) >= 11 is 2.68. The molecule has 6 heteroatoms. The van der Waals surface area contributed by atoms with Crippen molar-refractivity contribution in [3.63, 3.8) is 0 Å². The Morgan fingerprint density at radius 2 is 2.00 bits per heavy atom. The van der Waals surface area contributed by atoms with Crippen molar-refractivity contribution in [1.29, 1.82) is 0 Å². The number of carbonyl (C=O) groups excluding carboxylic acids is 1. The number of thioether (sulfide) groups is 1. The molecular formula is C14H13NO3S2. The highest BCUT2D eigenvalue weighted by Crippen LogP contribution is 2.25. The third kappa shape index (κ3) is 4.40. The maximum absolute atomic E-state index is 11.7. The molecule has 0 saturated heterocycles. The van der Waals surface area contributed by atoms with E-state index in [1.165, 1.54) is 23.1 Å². The number of para-hydroxylation sites is 1. The van der Waals surface area contributed by atoms with E-state index >= 15 is 0 Å². The number of carbonyl (C=O) groups is 2. The maximum atomic E-state index is 11.7. The zero-order valence-corrected chi connectivity index (χ0v) is 12.2. The summed E-state index contributed by atoms with van der Waals surface area (Å²) in [6, 6.07) is 10.9. The van der Waals surface area contributed by atoms with Crippen LogP contribution in [0.25, 0.3) is 0 Å². The molecule has 0 radical (unpaired) electrons. The minimum Gasteiger partial charge on any atom is -0.477 e. The van der Waals surface area contributed by atoms with Crippen LogP contribution in [0, 0.1) is 0 Å². The first kappa shape index (κ1) is 14.6. The SMILES string of the molecule is O=C(CCSc1csc(C(=O)O)c1)Nc1ccccc1. The molecule has 1 heterocycles. The van der Waals surface area contributed by atoms with Crippen LogP contribution in [0.4, 0.5) is 5.69 Å². The zero-order valence-electron chi connectivity index (χ0n) is 10.5. The highest BCUT2D eigenvalue weighted by molar-refractivity contribution is 7.99. The quantitative estimate of drug-likeness (QED) is 0.801. The molecule has 0 fully saturated rings. The topological polar surface area (TPSA) is 66.4 Å². The largest absolute Gasteiger partial charge is 0.477 e. The van der Waals surface area contributed by atoms with Gasteiger partial charge in [-0.25, -0.2) is 4.79 Å².